The quantitative estimate of drug-likeness (QED) is 0.759. The summed E-state index contributed by atoms with van der Waals surface area (Å²) < 4.78 is 19.0. The first-order valence-corrected chi connectivity index (χ1v) is 9.02. The standard InChI is InChI=1S/C20H22FN3O2.2ClH/c21-15-4-1-5-16(10-15)26-20-14(3-2-8-23-20)11-24-19(25)17-12-6-7-13(9-12)18(17)22;;/h1-5,8,10,12-13,17-18H,6-7,9,11,22H2,(H,24,25);2*1H. The Morgan fingerprint density at radius 2 is 2.00 bits per heavy atom. The van der Waals surface area contributed by atoms with E-state index in [1.165, 1.54) is 12.1 Å². The maximum atomic E-state index is 13.3. The Morgan fingerprint density at radius 1 is 1.21 bits per heavy atom. The van der Waals surface area contributed by atoms with E-state index in [1.54, 1.807) is 24.4 Å². The number of ether oxygens (including phenoxy) is 1. The third-order valence-electron chi connectivity index (χ3n) is 5.60. The first kappa shape index (κ1) is 22.4. The van der Waals surface area contributed by atoms with Crippen molar-refractivity contribution >= 4 is 30.7 Å². The van der Waals surface area contributed by atoms with Crippen LogP contribution in [0.15, 0.2) is 42.6 Å². The Bertz CT molecular complexity index is 822. The molecule has 1 aromatic carbocycles. The molecule has 2 saturated carbocycles. The fourth-order valence-corrected chi connectivity index (χ4v) is 4.32. The highest BCUT2D eigenvalue weighted by molar-refractivity contribution is 5.85. The van der Waals surface area contributed by atoms with Crippen LogP contribution in [0.5, 0.6) is 11.6 Å². The minimum atomic E-state index is -0.376. The molecule has 152 valence electrons. The number of fused-ring (bicyclic) bond motifs is 2. The van der Waals surface area contributed by atoms with E-state index < -0.39 is 0 Å². The van der Waals surface area contributed by atoms with Crippen molar-refractivity contribution in [2.45, 2.75) is 31.8 Å². The number of amides is 1. The number of halogens is 3. The molecule has 1 heterocycles. The molecule has 0 radical (unpaired) electrons. The highest BCUT2D eigenvalue weighted by Gasteiger charge is 2.48. The molecular weight excluding hydrogens is 404 g/mol. The molecule has 28 heavy (non-hydrogen) atoms. The van der Waals surface area contributed by atoms with E-state index >= 15 is 0 Å². The van der Waals surface area contributed by atoms with Gasteiger partial charge in [-0.3, -0.25) is 4.79 Å². The van der Waals surface area contributed by atoms with E-state index in [2.05, 4.69) is 10.3 Å². The van der Waals surface area contributed by atoms with Gasteiger partial charge in [0.15, 0.2) is 0 Å². The van der Waals surface area contributed by atoms with E-state index in [9.17, 15) is 9.18 Å². The van der Waals surface area contributed by atoms with Gasteiger partial charge in [-0.25, -0.2) is 9.37 Å². The molecule has 2 aromatic rings. The number of hydrogen-bond acceptors (Lipinski definition) is 4. The van der Waals surface area contributed by atoms with Gasteiger partial charge < -0.3 is 15.8 Å². The summed E-state index contributed by atoms with van der Waals surface area (Å²) in [5, 5.41) is 2.98. The van der Waals surface area contributed by atoms with Crippen LogP contribution in [0.25, 0.3) is 0 Å². The molecule has 0 saturated heterocycles. The summed E-state index contributed by atoms with van der Waals surface area (Å²) in [5.74, 6) is 1.15. The van der Waals surface area contributed by atoms with E-state index in [1.807, 2.05) is 6.07 Å². The maximum Gasteiger partial charge on any atom is 0.225 e. The molecule has 2 aliphatic carbocycles. The summed E-state index contributed by atoms with van der Waals surface area (Å²) in [6.07, 6.45) is 4.91. The van der Waals surface area contributed by atoms with Crippen LogP contribution in [0.2, 0.25) is 0 Å². The van der Waals surface area contributed by atoms with Gasteiger partial charge >= 0.3 is 0 Å². The lowest BCUT2D eigenvalue weighted by molar-refractivity contribution is -0.127. The molecule has 2 aliphatic rings. The van der Waals surface area contributed by atoms with Crippen molar-refractivity contribution in [3.8, 4) is 11.6 Å². The minimum Gasteiger partial charge on any atom is -0.439 e. The topological polar surface area (TPSA) is 77.2 Å². The number of nitrogens with zero attached hydrogens (tertiary/aromatic N) is 1. The van der Waals surface area contributed by atoms with Crippen LogP contribution in [0.4, 0.5) is 4.39 Å². The number of rotatable bonds is 5. The van der Waals surface area contributed by atoms with Gasteiger partial charge in [-0.1, -0.05) is 12.1 Å². The van der Waals surface area contributed by atoms with E-state index in [0.717, 1.165) is 24.8 Å². The summed E-state index contributed by atoms with van der Waals surface area (Å²) in [4.78, 5) is 16.8. The lowest BCUT2D eigenvalue weighted by Crippen LogP contribution is -2.45. The lowest BCUT2D eigenvalue weighted by atomic mass is 9.84. The molecule has 4 atom stereocenters. The van der Waals surface area contributed by atoms with Gasteiger partial charge in [0.1, 0.15) is 11.6 Å². The van der Waals surface area contributed by atoms with Gasteiger partial charge in [-0.05, 0) is 49.3 Å². The van der Waals surface area contributed by atoms with Crippen LogP contribution in [0.1, 0.15) is 24.8 Å². The average Bonchev–Trinajstić information content (AvgIpc) is 3.22. The van der Waals surface area contributed by atoms with Crippen LogP contribution in [0.3, 0.4) is 0 Å². The molecule has 4 rings (SSSR count). The van der Waals surface area contributed by atoms with Gasteiger partial charge in [0, 0.05) is 30.4 Å². The number of aromatic nitrogens is 1. The van der Waals surface area contributed by atoms with Crippen molar-refractivity contribution in [1.82, 2.24) is 10.3 Å². The van der Waals surface area contributed by atoms with Crippen LogP contribution < -0.4 is 15.8 Å². The number of benzene rings is 1. The fraction of sp³-hybridized carbons (Fsp3) is 0.400. The van der Waals surface area contributed by atoms with Crippen molar-refractivity contribution in [1.29, 1.82) is 0 Å². The van der Waals surface area contributed by atoms with Gasteiger partial charge in [0.05, 0.1) is 5.92 Å². The molecule has 0 spiro atoms. The minimum absolute atomic E-state index is 0. The summed E-state index contributed by atoms with van der Waals surface area (Å²) >= 11 is 0. The number of carbonyl (C=O) groups is 1. The average molecular weight is 428 g/mol. The lowest BCUT2D eigenvalue weighted by Gasteiger charge is -2.27. The highest BCUT2D eigenvalue weighted by Crippen LogP contribution is 2.47. The molecule has 0 aliphatic heterocycles. The number of carbonyl (C=O) groups excluding carboxylic acids is 1. The molecule has 2 bridgehead atoms. The van der Waals surface area contributed by atoms with Crippen LogP contribution in [-0.4, -0.2) is 16.9 Å². The van der Waals surface area contributed by atoms with Crippen LogP contribution in [0, 0.1) is 23.6 Å². The Labute approximate surface area is 176 Å². The summed E-state index contributed by atoms with van der Waals surface area (Å²) in [5.41, 5.74) is 6.98. The van der Waals surface area contributed by atoms with E-state index in [0.29, 0.717) is 30.0 Å². The Hall–Kier alpha value is -1.89. The summed E-state index contributed by atoms with van der Waals surface area (Å²) in [6, 6.07) is 9.47. The number of nitrogens with one attached hydrogen (secondary N) is 1. The number of hydrogen-bond donors (Lipinski definition) is 2. The number of nitrogens with two attached hydrogens (primary N) is 1. The van der Waals surface area contributed by atoms with Gasteiger partial charge in [-0.2, -0.15) is 0 Å². The van der Waals surface area contributed by atoms with Crippen LogP contribution >= 0.6 is 24.8 Å². The zero-order valence-electron chi connectivity index (χ0n) is 15.2. The number of pyridine rings is 1. The van der Waals surface area contributed by atoms with E-state index in [4.69, 9.17) is 10.5 Å². The third kappa shape index (κ3) is 4.57. The van der Waals surface area contributed by atoms with Crippen LogP contribution in [-0.2, 0) is 11.3 Å². The van der Waals surface area contributed by atoms with Gasteiger partial charge in [0.2, 0.25) is 11.8 Å². The second-order valence-electron chi connectivity index (χ2n) is 7.18. The van der Waals surface area contributed by atoms with E-state index in [-0.39, 0.29) is 48.5 Å². The third-order valence-corrected chi connectivity index (χ3v) is 5.60. The van der Waals surface area contributed by atoms with Gasteiger partial charge in [-0.15, -0.1) is 24.8 Å². The van der Waals surface area contributed by atoms with Crippen molar-refractivity contribution in [3.63, 3.8) is 0 Å². The SMILES string of the molecule is Cl.Cl.NC1C2CCC(C2)C1C(=O)NCc1cccnc1Oc1cccc(F)c1. The Morgan fingerprint density at radius 3 is 2.71 bits per heavy atom. The Kier molecular flexibility index (Phi) is 7.63. The van der Waals surface area contributed by atoms with Crippen molar-refractivity contribution in [2.75, 3.05) is 0 Å². The van der Waals surface area contributed by atoms with Crippen molar-refractivity contribution in [2.24, 2.45) is 23.5 Å². The summed E-state index contributed by atoms with van der Waals surface area (Å²) in [6.45, 7) is 0.304. The second kappa shape index (κ2) is 9.54. The molecule has 8 heteroatoms. The predicted molar refractivity (Wildman–Crippen MR) is 109 cm³/mol. The molecule has 1 aromatic heterocycles. The molecule has 3 N–H and O–H groups in total. The zero-order valence-corrected chi connectivity index (χ0v) is 16.8. The molecule has 5 nitrogen and oxygen atoms in total. The normalized spacial score (nSPS) is 24.8. The summed E-state index contributed by atoms with van der Waals surface area (Å²) in [7, 11) is 0. The Balaban J connectivity index is 0.00000140. The smallest absolute Gasteiger partial charge is 0.225 e. The second-order valence-corrected chi connectivity index (χ2v) is 7.18. The highest BCUT2D eigenvalue weighted by atomic mass is 35.5. The molecular formula is C20H24Cl2FN3O2. The largest absolute Gasteiger partial charge is 0.439 e. The molecule has 1 amide bonds. The van der Waals surface area contributed by atoms with Gasteiger partial charge in [0.25, 0.3) is 0 Å². The predicted octanol–water partition coefficient (Wildman–Crippen LogP) is 3.85. The maximum absolute atomic E-state index is 13.3. The molecule has 2 fully saturated rings. The first-order valence-electron chi connectivity index (χ1n) is 9.02. The van der Waals surface area contributed by atoms with Crippen molar-refractivity contribution < 1.29 is 13.9 Å². The monoisotopic (exact) mass is 427 g/mol. The van der Waals surface area contributed by atoms with Crippen molar-refractivity contribution in [3.05, 3.63) is 54.0 Å². The zero-order chi connectivity index (χ0) is 18.1. The first-order chi connectivity index (χ1) is 12.6. The fourth-order valence-electron chi connectivity index (χ4n) is 4.32. The molecule has 4 unspecified atom stereocenters.